The molecule has 2 aromatic heterocycles. The molecule has 0 saturated heterocycles. The maximum atomic E-state index is 14.1. The number of nitrogens with one attached hydrogen (secondary N) is 1. The smallest absolute Gasteiger partial charge is 0.221 e. The number of fused-ring (bicyclic) bond motifs is 1. The summed E-state index contributed by atoms with van der Waals surface area (Å²) in [5.41, 5.74) is 3.36. The zero-order chi connectivity index (χ0) is 17.4. The van der Waals surface area contributed by atoms with E-state index in [1.54, 1.807) is 12.3 Å². The zero-order valence-electron chi connectivity index (χ0n) is 14.1. The predicted octanol–water partition coefficient (Wildman–Crippen LogP) is 4.09. The molecule has 3 rings (SSSR count). The minimum absolute atomic E-state index is 0.136. The van der Waals surface area contributed by atoms with Crippen LogP contribution in [0.5, 0.6) is 0 Å². The lowest BCUT2D eigenvalue weighted by Gasteiger charge is -2.09. The van der Waals surface area contributed by atoms with Gasteiger partial charge >= 0.3 is 0 Å². The van der Waals surface area contributed by atoms with Gasteiger partial charge in [-0.1, -0.05) is 0 Å². The third-order valence-corrected chi connectivity index (χ3v) is 3.84. The summed E-state index contributed by atoms with van der Waals surface area (Å²) < 4.78 is 16.0. The Morgan fingerprint density at radius 3 is 2.67 bits per heavy atom. The number of anilines is 1. The highest BCUT2D eigenvalue weighted by Crippen LogP contribution is 2.28. The molecular formula is C18H19FN4O. The molecule has 6 heteroatoms. The molecule has 0 aliphatic carbocycles. The Morgan fingerprint density at radius 2 is 2.04 bits per heavy atom. The van der Waals surface area contributed by atoms with Crippen LogP contribution in [0.3, 0.4) is 0 Å². The van der Waals surface area contributed by atoms with E-state index in [1.165, 1.54) is 13.0 Å². The summed E-state index contributed by atoms with van der Waals surface area (Å²) in [4.78, 5) is 15.8. The zero-order valence-corrected chi connectivity index (χ0v) is 14.1. The summed E-state index contributed by atoms with van der Waals surface area (Å²) in [5, 5.41) is 7.55. The van der Waals surface area contributed by atoms with Gasteiger partial charge in [0.15, 0.2) is 0 Å². The second kappa shape index (κ2) is 6.03. The van der Waals surface area contributed by atoms with Crippen LogP contribution in [0.15, 0.2) is 30.6 Å². The number of aromatic nitrogens is 3. The molecule has 0 unspecified atom stereocenters. The fourth-order valence-corrected chi connectivity index (χ4v) is 2.60. The summed E-state index contributed by atoms with van der Waals surface area (Å²) in [6, 6.07) is 5.15. The number of aryl methyl sites for hydroxylation is 1. The van der Waals surface area contributed by atoms with E-state index < -0.39 is 5.82 Å². The van der Waals surface area contributed by atoms with E-state index in [0.717, 1.165) is 22.2 Å². The third kappa shape index (κ3) is 2.99. The predicted molar refractivity (Wildman–Crippen MR) is 92.3 cm³/mol. The number of nitrogens with zero attached hydrogens (tertiary/aromatic N) is 3. The van der Waals surface area contributed by atoms with Crippen LogP contribution in [-0.4, -0.2) is 20.7 Å². The van der Waals surface area contributed by atoms with Gasteiger partial charge in [-0.05, 0) is 44.5 Å². The number of hydrogen-bond acceptors (Lipinski definition) is 3. The first-order chi connectivity index (χ1) is 11.3. The van der Waals surface area contributed by atoms with E-state index in [4.69, 9.17) is 0 Å². The lowest BCUT2D eigenvalue weighted by molar-refractivity contribution is -0.114. The Hall–Kier alpha value is -2.76. The second-order valence-corrected chi connectivity index (χ2v) is 6.16. The average molecular weight is 326 g/mol. The van der Waals surface area contributed by atoms with Crippen LogP contribution in [0, 0.1) is 12.7 Å². The fraction of sp³-hybridized carbons (Fsp3) is 0.278. The van der Waals surface area contributed by atoms with Crippen molar-refractivity contribution in [1.82, 2.24) is 14.8 Å². The van der Waals surface area contributed by atoms with Gasteiger partial charge in [0, 0.05) is 30.1 Å². The third-order valence-electron chi connectivity index (χ3n) is 3.84. The summed E-state index contributed by atoms with van der Waals surface area (Å²) in [6.45, 7) is 7.37. The van der Waals surface area contributed by atoms with Gasteiger partial charge in [-0.15, -0.1) is 0 Å². The van der Waals surface area contributed by atoms with Crippen molar-refractivity contribution in [3.8, 4) is 11.3 Å². The molecule has 1 amide bonds. The molecule has 0 radical (unpaired) electrons. The molecule has 0 fully saturated rings. The maximum Gasteiger partial charge on any atom is 0.221 e. The lowest BCUT2D eigenvalue weighted by atomic mass is 10.1. The van der Waals surface area contributed by atoms with Crippen LogP contribution in [-0.2, 0) is 4.79 Å². The Labute approximate surface area is 139 Å². The van der Waals surface area contributed by atoms with Crippen molar-refractivity contribution < 1.29 is 9.18 Å². The summed E-state index contributed by atoms with van der Waals surface area (Å²) in [6.07, 6.45) is 3.71. The summed E-state index contributed by atoms with van der Waals surface area (Å²) in [5.74, 6) is -0.790. The number of hydrogen-bond donors (Lipinski definition) is 1. The number of benzene rings is 1. The molecule has 0 aliphatic rings. The van der Waals surface area contributed by atoms with Gasteiger partial charge in [-0.2, -0.15) is 5.10 Å². The van der Waals surface area contributed by atoms with Gasteiger partial charge in [0.25, 0.3) is 0 Å². The standard InChI is InChI=1S/C18H19FN4O/c1-10(2)23-9-13(8-20-23)16-5-11(3)14-6-15(19)18(21-12(4)24)7-17(14)22-16/h5-10H,1-4H3,(H,21,24). The van der Waals surface area contributed by atoms with E-state index in [2.05, 4.69) is 29.2 Å². The van der Waals surface area contributed by atoms with E-state index >= 15 is 0 Å². The quantitative estimate of drug-likeness (QED) is 0.789. The number of carbonyl (C=O) groups is 1. The minimum atomic E-state index is -0.469. The SMILES string of the molecule is CC(=O)Nc1cc2nc(-c3cnn(C(C)C)c3)cc(C)c2cc1F. The van der Waals surface area contributed by atoms with Crippen LogP contribution in [0.25, 0.3) is 22.2 Å². The number of rotatable bonds is 3. The van der Waals surface area contributed by atoms with Gasteiger partial charge in [-0.3, -0.25) is 9.48 Å². The number of pyridine rings is 1. The molecule has 0 bridgehead atoms. The number of carbonyl (C=O) groups excluding carboxylic acids is 1. The van der Waals surface area contributed by atoms with E-state index in [9.17, 15) is 9.18 Å². The summed E-state index contributed by atoms with van der Waals surface area (Å²) >= 11 is 0. The molecule has 0 spiro atoms. The lowest BCUT2D eigenvalue weighted by Crippen LogP contribution is -2.07. The monoisotopic (exact) mass is 326 g/mol. The molecule has 3 aromatic rings. The fourth-order valence-electron chi connectivity index (χ4n) is 2.60. The topological polar surface area (TPSA) is 59.8 Å². The first-order valence-corrected chi connectivity index (χ1v) is 7.78. The van der Waals surface area contributed by atoms with Crippen molar-refractivity contribution in [2.75, 3.05) is 5.32 Å². The molecule has 1 aromatic carbocycles. The number of halogens is 1. The van der Waals surface area contributed by atoms with E-state index in [0.29, 0.717) is 5.52 Å². The molecule has 0 saturated carbocycles. The molecule has 0 atom stereocenters. The molecule has 0 aliphatic heterocycles. The highest BCUT2D eigenvalue weighted by molar-refractivity contribution is 5.93. The molecule has 5 nitrogen and oxygen atoms in total. The highest BCUT2D eigenvalue weighted by atomic mass is 19.1. The van der Waals surface area contributed by atoms with E-state index in [-0.39, 0.29) is 17.6 Å². The van der Waals surface area contributed by atoms with Crippen molar-refractivity contribution >= 4 is 22.5 Å². The van der Waals surface area contributed by atoms with Crippen molar-refractivity contribution in [2.24, 2.45) is 0 Å². The van der Waals surface area contributed by atoms with Crippen LogP contribution < -0.4 is 5.32 Å². The number of amides is 1. The van der Waals surface area contributed by atoms with Crippen molar-refractivity contribution in [3.05, 3.63) is 42.0 Å². The molecule has 1 N–H and O–H groups in total. The first kappa shape index (κ1) is 16.1. The molecular weight excluding hydrogens is 307 g/mol. The Kier molecular flexibility index (Phi) is 4.05. The molecule has 2 heterocycles. The van der Waals surface area contributed by atoms with Crippen LogP contribution >= 0.6 is 0 Å². The highest BCUT2D eigenvalue weighted by Gasteiger charge is 2.12. The van der Waals surface area contributed by atoms with Gasteiger partial charge < -0.3 is 5.32 Å². The van der Waals surface area contributed by atoms with Gasteiger partial charge in [0.2, 0.25) is 5.91 Å². The Balaban J connectivity index is 2.13. The van der Waals surface area contributed by atoms with Crippen LogP contribution in [0.1, 0.15) is 32.4 Å². The van der Waals surface area contributed by atoms with Crippen LogP contribution in [0.2, 0.25) is 0 Å². The second-order valence-electron chi connectivity index (χ2n) is 6.16. The Bertz CT molecular complexity index is 930. The maximum absolute atomic E-state index is 14.1. The van der Waals surface area contributed by atoms with Gasteiger partial charge in [0.1, 0.15) is 5.82 Å². The molecule has 124 valence electrons. The normalized spacial score (nSPS) is 11.2. The van der Waals surface area contributed by atoms with Gasteiger partial charge in [-0.25, -0.2) is 9.37 Å². The summed E-state index contributed by atoms with van der Waals surface area (Å²) in [7, 11) is 0. The van der Waals surface area contributed by atoms with E-state index in [1.807, 2.05) is 23.9 Å². The van der Waals surface area contributed by atoms with Crippen molar-refractivity contribution in [3.63, 3.8) is 0 Å². The first-order valence-electron chi connectivity index (χ1n) is 7.78. The van der Waals surface area contributed by atoms with Crippen molar-refractivity contribution in [1.29, 1.82) is 0 Å². The van der Waals surface area contributed by atoms with Crippen LogP contribution in [0.4, 0.5) is 10.1 Å². The minimum Gasteiger partial charge on any atom is -0.324 e. The van der Waals surface area contributed by atoms with Crippen molar-refractivity contribution in [2.45, 2.75) is 33.7 Å². The Morgan fingerprint density at radius 1 is 1.29 bits per heavy atom. The van der Waals surface area contributed by atoms with Gasteiger partial charge in [0.05, 0.1) is 23.1 Å². The largest absolute Gasteiger partial charge is 0.324 e. The average Bonchev–Trinajstić information content (AvgIpc) is 2.98. The molecule has 24 heavy (non-hydrogen) atoms.